The summed E-state index contributed by atoms with van der Waals surface area (Å²) < 4.78 is 42.8. The molecule has 1 fully saturated rings. The van der Waals surface area contributed by atoms with Crippen LogP contribution >= 0.6 is 0 Å². The van der Waals surface area contributed by atoms with Gasteiger partial charge in [0.05, 0.1) is 17.8 Å². The Bertz CT molecular complexity index is 764. The minimum atomic E-state index is -0.754. The zero-order chi connectivity index (χ0) is 24.2. The predicted molar refractivity (Wildman–Crippen MR) is 122 cm³/mol. The zero-order valence-corrected chi connectivity index (χ0v) is 20.6. The molecule has 0 atom stereocenters. The Morgan fingerprint density at radius 2 is 1.72 bits per heavy atom. The van der Waals surface area contributed by atoms with Crippen LogP contribution in [0.4, 0.5) is 9.18 Å². The molecular formula is C23H37BFNO6. The van der Waals surface area contributed by atoms with Crippen LogP contribution in [0.25, 0.3) is 0 Å². The average Bonchev–Trinajstić information content (AvgIpc) is 2.86. The molecule has 9 heteroatoms. The van der Waals surface area contributed by atoms with Crippen molar-refractivity contribution in [3.63, 3.8) is 0 Å². The van der Waals surface area contributed by atoms with Crippen LogP contribution in [0.2, 0.25) is 0 Å². The molecule has 0 unspecified atom stereocenters. The second-order valence-corrected chi connectivity index (χ2v) is 9.99. The third-order valence-corrected chi connectivity index (χ3v) is 5.46. The van der Waals surface area contributed by atoms with E-state index in [2.05, 4.69) is 0 Å². The summed E-state index contributed by atoms with van der Waals surface area (Å²) in [5, 5.41) is 0. The highest BCUT2D eigenvalue weighted by Crippen LogP contribution is 2.36. The van der Waals surface area contributed by atoms with Crippen LogP contribution in [0, 0.1) is 5.82 Å². The Kier molecular flexibility index (Phi) is 8.59. The third-order valence-electron chi connectivity index (χ3n) is 5.46. The molecule has 1 aliphatic rings. The summed E-state index contributed by atoms with van der Waals surface area (Å²) >= 11 is 0. The lowest BCUT2D eigenvalue weighted by Gasteiger charge is -2.32. The molecule has 0 radical (unpaired) electrons. The molecule has 1 aromatic rings. The van der Waals surface area contributed by atoms with Gasteiger partial charge in [-0.2, -0.15) is 0 Å². The maximum atomic E-state index is 14.6. The number of ether oxygens (including phenoxy) is 3. The predicted octanol–water partition coefficient (Wildman–Crippen LogP) is 3.78. The van der Waals surface area contributed by atoms with Crippen molar-refractivity contribution < 1.29 is 32.7 Å². The monoisotopic (exact) mass is 453 g/mol. The number of benzene rings is 1. The first-order chi connectivity index (χ1) is 14.7. The van der Waals surface area contributed by atoms with Crippen LogP contribution in [-0.2, 0) is 18.8 Å². The highest BCUT2D eigenvalue weighted by molar-refractivity contribution is 6.62. The molecule has 180 valence electrons. The Morgan fingerprint density at radius 3 is 2.28 bits per heavy atom. The Morgan fingerprint density at radius 1 is 1.09 bits per heavy atom. The van der Waals surface area contributed by atoms with Crippen LogP contribution in [0.1, 0.15) is 54.9 Å². The minimum Gasteiger partial charge on any atom is -0.491 e. The zero-order valence-electron chi connectivity index (χ0n) is 20.6. The smallest absolute Gasteiger partial charge is 0.491 e. The average molecular weight is 453 g/mol. The van der Waals surface area contributed by atoms with Gasteiger partial charge in [0.1, 0.15) is 23.8 Å². The van der Waals surface area contributed by atoms with Crippen molar-refractivity contribution in [3.05, 3.63) is 24.0 Å². The first-order valence-electron chi connectivity index (χ1n) is 11.0. The standard InChI is InChI=1S/C23H37BFNO6/c1-21(2,3)30-20(27)26(8)12-9-13-28-14-15-29-17-10-11-18(19(25)16-17)24-31-22(4,5)23(6,7)32-24/h10-11,16H,9,12-15H2,1-8H3. The molecule has 1 amide bonds. The number of hydrogen-bond acceptors (Lipinski definition) is 6. The van der Waals surface area contributed by atoms with Crippen LogP contribution in [0.3, 0.4) is 0 Å². The molecule has 2 rings (SSSR count). The quantitative estimate of drug-likeness (QED) is 0.419. The van der Waals surface area contributed by atoms with Gasteiger partial charge in [0.15, 0.2) is 0 Å². The molecule has 0 aliphatic carbocycles. The summed E-state index contributed by atoms with van der Waals surface area (Å²) in [5.41, 5.74) is -1.22. The van der Waals surface area contributed by atoms with Crippen molar-refractivity contribution in [1.29, 1.82) is 0 Å². The Balaban J connectivity index is 1.68. The van der Waals surface area contributed by atoms with Crippen LogP contribution in [-0.4, -0.2) is 68.3 Å². The van der Waals surface area contributed by atoms with Crippen LogP contribution < -0.4 is 10.2 Å². The van der Waals surface area contributed by atoms with E-state index >= 15 is 0 Å². The van der Waals surface area contributed by atoms with E-state index in [-0.39, 0.29) is 12.7 Å². The molecule has 7 nitrogen and oxygen atoms in total. The normalized spacial score (nSPS) is 17.3. The third kappa shape index (κ3) is 7.35. The van der Waals surface area contributed by atoms with Gasteiger partial charge in [-0.05, 0) is 61.0 Å². The summed E-state index contributed by atoms with van der Waals surface area (Å²) in [7, 11) is 0.940. The number of amides is 1. The summed E-state index contributed by atoms with van der Waals surface area (Å²) in [5.74, 6) is -0.0249. The summed E-state index contributed by atoms with van der Waals surface area (Å²) in [6.07, 6.45) is 0.319. The SMILES string of the molecule is CN(CCCOCCOc1ccc(B2OC(C)(C)C(C)(C)O2)c(F)c1)C(=O)OC(C)(C)C. The van der Waals surface area contributed by atoms with E-state index in [1.165, 1.54) is 11.0 Å². The molecule has 0 N–H and O–H groups in total. The first-order valence-corrected chi connectivity index (χ1v) is 11.0. The molecular weight excluding hydrogens is 416 g/mol. The Labute approximate surface area is 191 Å². The lowest BCUT2D eigenvalue weighted by molar-refractivity contribution is 0.00578. The van der Waals surface area contributed by atoms with E-state index in [1.54, 1.807) is 19.2 Å². The van der Waals surface area contributed by atoms with E-state index < -0.39 is 29.7 Å². The number of carbonyl (C=O) groups excluding carboxylic acids is 1. The van der Waals surface area contributed by atoms with E-state index in [4.69, 9.17) is 23.5 Å². The largest absolute Gasteiger partial charge is 0.497 e. The molecule has 0 bridgehead atoms. The summed E-state index contributed by atoms with van der Waals surface area (Å²) in [4.78, 5) is 13.4. The second kappa shape index (κ2) is 10.4. The van der Waals surface area contributed by atoms with Crippen molar-refractivity contribution in [3.8, 4) is 5.75 Å². The van der Waals surface area contributed by atoms with Gasteiger partial charge in [0.25, 0.3) is 0 Å². The number of carbonyl (C=O) groups is 1. The molecule has 0 spiro atoms. The lowest BCUT2D eigenvalue weighted by Crippen LogP contribution is -2.41. The van der Waals surface area contributed by atoms with E-state index in [0.29, 0.717) is 37.4 Å². The van der Waals surface area contributed by atoms with E-state index in [0.717, 1.165) is 0 Å². The number of hydrogen-bond donors (Lipinski definition) is 0. The Hall–Kier alpha value is -1.84. The van der Waals surface area contributed by atoms with Gasteiger partial charge in [-0.15, -0.1) is 0 Å². The summed E-state index contributed by atoms with van der Waals surface area (Å²) in [6, 6.07) is 4.65. The number of halogens is 1. The maximum absolute atomic E-state index is 14.6. The van der Waals surface area contributed by atoms with E-state index in [1.807, 2.05) is 48.5 Å². The topological polar surface area (TPSA) is 66.5 Å². The van der Waals surface area contributed by atoms with Crippen LogP contribution in [0.5, 0.6) is 5.75 Å². The second-order valence-electron chi connectivity index (χ2n) is 9.99. The fraction of sp³-hybridized carbons (Fsp3) is 0.696. The van der Waals surface area contributed by atoms with Crippen molar-refractivity contribution in [1.82, 2.24) is 4.90 Å². The number of nitrogens with zero attached hydrogens (tertiary/aromatic N) is 1. The molecule has 0 saturated carbocycles. The number of rotatable bonds is 9. The van der Waals surface area contributed by atoms with Gasteiger partial charge in [0, 0.05) is 31.7 Å². The van der Waals surface area contributed by atoms with Crippen molar-refractivity contribution in [2.24, 2.45) is 0 Å². The first kappa shape index (κ1) is 26.4. The van der Waals surface area contributed by atoms with Crippen molar-refractivity contribution >= 4 is 18.7 Å². The van der Waals surface area contributed by atoms with Crippen molar-refractivity contribution in [2.75, 3.05) is 33.4 Å². The van der Waals surface area contributed by atoms with Gasteiger partial charge in [0.2, 0.25) is 0 Å². The van der Waals surface area contributed by atoms with Gasteiger partial charge in [-0.3, -0.25) is 0 Å². The highest BCUT2D eigenvalue weighted by atomic mass is 19.1. The van der Waals surface area contributed by atoms with Gasteiger partial charge < -0.3 is 28.4 Å². The van der Waals surface area contributed by atoms with Crippen molar-refractivity contribution in [2.45, 2.75) is 71.7 Å². The summed E-state index contributed by atoms with van der Waals surface area (Å²) in [6.45, 7) is 14.9. The fourth-order valence-corrected chi connectivity index (χ4v) is 2.91. The fourth-order valence-electron chi connectivity index (χ4n) is 2.91. The van der Waals surface area contributed by atoms with Gasteiger partial charge in [-0.25, -0.2) is 9.18 Å². The van der Waals surface area contributed by atoms with Gasteiger partial charge in [-0.1, -0.05) is 6.07 Å². The van der Waals surface area contributed by atoms with Gasteiger partial charge >= 0.3 is 13.2 Å². The molecule has 0 aromatic heterocycles. The molecule has 1 heterocycles. The molecule has 1 aliphatic heterocycles. The van der Waals surface area contributed by atoms with E-state index in [9.17, 15) is 9.18 Å². The molecule has 32 heavy (non-hydrogen) atoms. The maximum Gasteiger partial charge on any atom is 0.497 e. The van der Waals surface area contributed by atoms with Crippen LogP contribution in [0.15, 0.2) is 18.2 Å². The molecule has 1 aromatic carbocycles. The lowest BCUT2D eigenvalue weighted by atomic mass is 9.78. The highest BCUT2D eigenvalue weighted by Gasteiger charge is 2.52. The molecule has 1 saturated heterocycles. The minimum absolute atomic E-state index is 0.289.